The topological polar surface area (TPSA) is 78.8 Å². The van der Waals surface area contributed by atoms with Crippen LogP contribution in [-0.4, -0.2) is 35.6 Å². The highest BCUT2D eigenvalue weighted by Crippen LogP contribution is 2.44. The molecule has 0 aromatic heterocycles. The molecule has 1 aliphatic rings. The van der Waals surface area contributed by atoms with E-state index in [4.69, 9.17) is 4.74 Å². The summed E-state index contributed by atoms with van der Waals surface area (Å²) in [6.07, 6.45) is -8.18. The van der Waals surface area contributed by atoms with Crippen LogP contribution >= 0.6 is 0 Å². The molecule has 1 amide bonds. The average molecular weight is 471 g/mol. The summed E-state index contributed by atoms with van der Waals surface area (Å²) < 4.78 is 43.9. The second-order valence-corrected chi connectivity index (χ2v) is 8.29. The maximum Gasteiger partial charge on any atom is 0.416 e. The highest BCUT2D eigenvalue weighted by atomic mass is 19.4. The third kappa shape index (κ3) is 4.78. The molecule has 178 valence electrons. The second-order valence-electron chi connectivity index (χ2n) is 8.29. The third-order valence-electron chi connectivity index (χ3n) is 6.08. The molecular formula is C26H24F3NO4. The minimum absolute atomic E-state index is 0.0938. The van der Waals surface area contributed by atoms with E-state index in [-0.39, 0.29) is 30.2 Å². The highest BCUT2D eigenvalue weighted by Gasteiger charge is 2.32. The number of fused-ring (bicyclic) bond motifs is 3. The van der Waals surface area contributed by atoms with Crippen molar-refractivity contribution in [2.45, 2.75) is 31.2 Å². The van der Waals surface area contributed by atoms with Gasteiger partial charge in [0.1, 0.15) is 18.8 Å². The van der Waals surface area contributed by atoms with Crippen molar-refractivity contribution in [3.8, 4) is 11.1 Å². The van der Waals surface area contributed by atoms with Gasteiger partial charge >= 0.3 is 12.3 Å². The minimum Gasteiger partial charge on any atom is -0.449 e. The van der Waals surface area contributed by atoms with Gasteiger partial charge in [-0.2, -0.15) is 13.2 Å². The van der Waals surface area contributed by atoms with Crippen LogP contribution in [0.25, 0.3) is 11.1 Å². The smallest absolute Gasteiger partial charge is 0.416 e. The summed E-state index contributed by atoms with van der Waals surface area (Å²) >= 11 is 0. The molecule has 0 heterocycles. The number of aliphatic hydroxyl groups is 2. The van der Waals surface area contributed by atoms with Crippen molar-refractivity contribution in [3.05, 3.63) is 94.5 Å². The van der Waals surface area contributed by atoms with Gasteiger partial charge in [0, 0.05) is 12.5 Å². The molecule has 3 N–H and O–H groups in total. The molecule has 2 unspecified atom stereocenters. The van der Waals surface area contributed by atoms with Crippen molar-refractivity contribution in [2.24, 2.45) is 0 Å². The zero-order valence-electron chi connectivity index (χ0n) is 18.3. The first-order valence-corrected chi connectivity index (χ1v) is 10.8. The van der Waals surface area contributed by atoms with Gasteiger partial charge in [-0.3, -0.25) is 0 Å². The van der Waals surface area contributed by atoms with E-state index in [0.717, 1.165) is 40.5 Å². The first kappa shape index (κ1) is 23.8. The normalized spacial score (nSPS) is 14.8. The number of carbonyl (C=O) groups is 1. The Balaban J connectivity index is 1.34. The Labute approximate surface area is 194 Å². The van der Waals surface area contributed by atoms with Crippen molar-refractivity contribution in [1.29, 1.82) is 0 Å². The summed E-state index contributed by atoms with van der Waals surface area (Å²) in [6.45, 7) is 1.17. The molecule has 34 heavy (non-hydrogen) atoms. The van der Waals surface area contributed by atoms with Gasteiger partial charge in [-0.1, -0.05) is 54.6 Å². The van der Waals surface area contributed by atoms with Gasteiger partial charge in [0.25, 0.3) is 0 Å². The van der Waals surface area contributed by atoms with Crippen molar-refractivity contribution in [1.82, 2.24) is 5.32 Å². The predicted molar refractivity (Wildman–Crippen MR) is 120 cm³/mol. The quantitative estimate of drug-likeness (QED) is 0.476. The molecule has 5 nitrogen and oxygen atoms in total. The lowest BCUT2D eigenvalue weighted by molar-refractivity contribution is -0.137. The van der Waals surface area contributed by atoms with E-state index < -0.39 is 30.0 Å². The number of aliphatic hydroxyl groups excluding tert-OH is 2. The fraction of sp³-hybridized carbons (Fsp3) is 0.269. The molecule has 8 heteroatoms. The number of ether oxygens (including phenoxy) is 1. The second kappa shape index (κ2) is 9.48. The van der Waals surface area contributed by atoms with Crippen molar-refractivity contribution in [3.63, 3.8) is 0 Å². The van der Waals surface area contributed by atoms with Crippen LogP contribution in [0, 0.1) is 6.92 Å². The molecule has 3 aromatic carbocycles. The molecule has 0 bridgehead atoms. The fourth-order valence-electron chi connectivity index (χ4n) is 4.34. The molecule has 3 aromatic rings. The number of hydrogen-bond donors (Lipinski definition) is 3. The molecule has 0 saturated heterocycles. The first-order valence-electron chi connectivity index (χ1n) is 10.8. The Morgan fingerprint density at radius 1 is 1.00 bits per heavy atom. The molecular weight excluding hydrogens is 447 g/mol. The summed E-state index contributed by atoms with van der Waals surface area (Å²) in [6, 6.07) is 18.7. The summed E-state index contributed by atoms with van der Waals surface area (Å²) in [7, 11) is 0. The van der Waals surface area contributed by atoms with Crippen LogP contribution in [-0.2, 0) is 10.9 Å². The molecule has 1 aliphatic carbocycles. The summed E-state index contributed by atoms with van der Waals surface area (Å²) in [4.78, 5) is 12.3. The Bertz CT molecular complexity index is 1150. The van der Waals surface area contributed by atoms with E-state index in [9.17, 15) is 28.2 Å². The molecule has 0 aliphatic heterocycles. The van der Waals surface area contributed by atoms with Crippen molar-refractivity contribution < 1.29 is 32.9 Å². The van der Waals surface area contributed by atoms with Crippen LogP contribution in [0.1, 0.15) is 39.8 Å². The number of benzene rings is 3. The van der Waals surface area contributed by atoms with Gasteiger partial charge in [0.05, 0.1) is 5.56 Å². The zero-order chi connectivity index (χ0) is 24.5. The molecule has 0 radical (unpaired) electrons. The van der Waals surface area contributed by atoms with E-state index in [2.05, 4.69) is 5.32 Å². The van der Waals surface area contributed by atoms with Gasteiger partial charge in [-0.15, -0.1) is 0 Å². The summed E-state index contributed by atoms with van der Waals surface area (Å²) in [5, 5.41) is 23.1. The van der Waals surface area contributed by atoms with Crippen LogP contribution in [0.3, 0.4) is 0 Å². The Kier molecular flexibility index (Phi) is 6.63. The van der Waals surface area contributed by atoms with E-state index in [1.165, 1.54) is 6.92 Å². The lowest BCUT2D eigenvalue weighted by Gasteiger charge is -2.21. The SMILES string of the molecule is Cc1cc(C(F)(F)F)ccc1C(O)C(O)CNC(=O)OCC1c2ccccc2-c2ccccc21. The number of hydrogen-bond acceptors (Lipinski definition) is 4. The zero-order valence-corrected chi connectivity index (χ0v) is 18.3. The number of aryl methyl sites for hydroxylation is 1. The van der Waals surface area contributed by atoms with Gasteiger partial charge in [0.2, 0.25) is 0 Å². The van der Waals surface area contributed by atoms with E-state index in [0.29, 0.717) is 0 Å². The Morgan fingerprint density at radius 2 is 1.59 bits per heavy atom. The van der Waals surface area contributed by atoms with Crippen molar-refractivity contribution in [2.75, 3.05) is 13.2 Å². The van der Waals surface area contributed by atoms with Gasteiger partial charge in [-0.25, -0.2) is 4.79 Å². The van der Waals surface area contributed by atoms with E-state index in [1.807, 2.05) is 48.5 Å². The average Bonchev–Trinajstić information content (AvgIpc) is 3.14. The van der Waals surface area contributed by atoms with Crippen LogP contribution in [0.5, 0.6) is 0 Å². The molecule has 4 rings (SSSR count). The number of alkyl carbamates (subject to hydrolysis) is 1. The summed E-state index contributed by atoms with van der Waals surface area (Å²) in [5.74, 6) is -0.122. The molecule has 0 spiro atoms. The number of rotatable bonds is 6. The molecule has 0 fully saturated rings. The van der Waals surface area contributed by atoms with Gasteiger partial charge < -0.3 is 20.3 Å². The maximum atomic E-state index is 12.8. The Hall–Kier alpha value is -3.36. The molecule has 2 atom stereocenters. The monoisotopic (exact) mass is 471 g/mol. The van der Waals surface area contributed by atoms with Gasteiger partial charge in [-0.05, 0) is 52.4 Å². The lowest BCUT2D eigenvalue weighted by Crippen LogP contribution is -2.36. The van der Waals surface area contributed by atoms with E-state index >= 15 is 0 Å². The van der Waals surface area contributed by atoms with Crippen LogP contribution in [0.4, 0.5) is 18.0 Å². The van der Waals surface area contributed by atoms with Crippen molar-refractivity contribution >= 4 is 6.09 Å². The number of carbonyl (C=O) groups excluding carboxylic acids is 1. The van der Waals surface area contributed by atoms with Crippen LogP contribution in [0.15, 0.2) is 66.7 Å². The first-order chi connectivity index (χ1) is 16.2. The van der Waals surface area contributed by atoms with Crippen LogP contribution < -0.4 is 5.32 Å². The van der Waals surface area contributed by atoms with Gasteiger partial charge in [0.15, 0.2) is 0 Å². The largest absolute Gasteiger partial charge is 0.449 e. The summed E-state index contributed by atoms with van der Waals surface area (Å²) in [5.41, 5.74) is 3.80. The molecule has 0 saturated carbocycles. The third-order valence-corrected chi connectivity index (χ3v) is 6.08. The maximum absolute atomic E-state index is 12.8. The Morgan fingerprint density at radius 3 is 2.15 bits per heavy atom. The fourth-order valence-corrected chi connectivity index (χ4v) is 4.34. The standard InChI is InChI=1S/C26H24F3NO4/c1-15-12-16(26(27,28)29)10-11-17(15)24(32)23(31)13-30-25(33)34-14-22-20-8-4-2-6-18(20)19-7-3-5-9-21(19)22/h2-12,22-24,31-32H,13-14H2,1H3,(H,30,33). The number of alkyl halides is 3. The van der Waals surface area contributed by atoms with Crippen LogP contribution in [0.2, 0.25) is 0 Å². The lowest BCUT2D eigenvalue weighted by atomic mass is 9.97. The van der Waals surface area contributed by atoms with E-state index in [1.54, 1.807) is 0 Å². The predicted octanol–water partition coefficient (Wildman–Crippen LogP) is 4.95. The minimum atomic E-state index is -4.50. The number of halogens is 3. The number of amides is 1. The highest BCUT2D eigenvalue weighted by molar-refractivity contribution is 5.79. The number of nitrogens with one attached hydrogen (secondary N) is 1.